The molecule has 0 aliphatic heterocycles. The predicted molar refractivity (Wildman–Crippen MR) is 199 cm³/mol. The Morgan fingerprint density at radius 1 is 0.755 bits per heavy atom. The Kier molecular flexibility index (Phi) is 11.9. The van der Waals surface area contributed by atoms with Crippen molar-refractivity contribution >= 4 is 52.6 Å². The SMILES string of the molecule is CCOc1ccc(NC(=O)C(Sc2cccc(NC(=O)/C(=C\c3ccc(N(C)C)cc3)NC(=O)c3ccccc3)c2)c2ccccc2)cc1. The zero-order valence-corrected chi connectivity index (χ0v) is 28.4. The molecule has 0 radical (unpaired) electrons. The van der Waals surface area contributed by atoms with Crippen LogP contribution in [-0.4, -0.2) is 38.4 Å². The number of carbonyl (C=O) groups is 3. The summed E-state index contributed by atoms with van der Waals surface area (Å²) in [4.78, 5) is 43.2. The van der Waals surface area contributed by atoms with E-state index in [0.29, 0.717) is 23.5 Å². The van der Waals surface area contributed by atoms with Crippen LogP contribution in [0.15, 0.2) is 144 Å². The monoisotopic (exact) mass is 670 g/mol. The molecule has 1 unspecified atom stereocenters. The molecule has 3 amide bonds. The highest BCUT2D eigenvalue weighted by molar-refractivity contribution is 8.00. The molecule has 5 aromatic carbocycles. The molecule has 1 atom stereocenters. The van der Waals surface area contributed by atoms with Crippen LogP contribution in [0.5, 0.6) is 5.75 Å². The molecule has 0 bridgehead atoms. The molecule has 0 heterocycles. The lowest BCUT2D eigenvalue weighted by molar-refractivity contribution is -0.116. The number of ether oxygens (including phenoxy) is 1. The Hall–Kier alpha value is -5.80. The lowest BCUT2D eigenvalue weighted by atomic mass is 10.1. The van der Waals surface area contributed by atoms with Crippen molar-refractivity contribution in [2.75, 3.05) is 36.2 Å². The summed E-state index contributed by atoms with van der Waals surface area (Å²) in [5.74, 6) is -0.353. The number of benzene rings is 5. The highest BCUT2D eigenvalue weighted by Crippen LogP contribution is 2.37. The number of rotatable bonds is 13. The van der Waals surface area contributed by atoms with E-state index in [1.165, 1.54) is 11.8 Å². The maximum Gasteiger partial charge on any atom is 0.272 e. The number of nitrogens with one attached hydrogen (secondary N) is 3. The summed E-state index contributed by atoms with van der Waals surface area (Å²) in [5.41, 5.74) is 4.27. The van der Waals surface area contributed by atoms with E-state index in [-0.39, 0.29) is 11.6 Å². The highest BCUT2D eigenvalue weighted by Gasteiger charge is 2.23. The van der Waals surface area contributed by atoms with E-state index in [2.05, 4.69) is 16.0 Å². The van der Waals surface area contributed by atoms with Gasteiger partial charge in [-0.1, -0.05) is 66.7 Å². The van der Waals surface area contributed by atoms with Gasteiger partial charge in [-0.2, -0.15) is 0 Å². The van der Waals surface area contributed by atoms with Crippen molar-refractivity contribution in [1.82, 2.24) is 5.32 Å². The normalized spacial score (nSPS) is 11.6. The van der Waals surface area contributed by atoms with Gasteiger partial charge in [0.1, 0.15) is 16.7 Å². The van der Waals surface area contributed by atoms with Crippen LogP contribution in [0, 0.1) is 0 Å². The van der Waals surface area contributed by atoms with Crippen LogP contribution >= 0.6 is 11.8 Å². The first-order valence-electron chi connectivity index (χ1n) is 15.8. The third-order valence-corrected chi connectivity index (χ3v) is 8.62. The minimum absolute atomic E-state index is 0.0846. The van der Waals surface area contributed by atoms with Crippen LogP contribution in [0.3, 0.4) is 0 Å². The van der Waals surface area contributed by atoms with E-state index in [4.69, 9.17) is 4.74 Å². The summed E-state index contributed by atoms with van der Waals surface area (Å²) >= 11 is 1.37. The van der Waals surface area contributed by atoms with Gasteiger partial charge in [0.15, 0.2) is 0 Å². The van der Waals surface area contributed by atoms with Crippen LogP contribution in [0.4, 0.5) is 17.1 Å². The van der Waals surface area contributed by atoms with Gasteiger partial charge in [-0.3, -0.25) is 14.4 Å². The van der Waals surface area contributed by atoms with Crippen molar-refractivity contribution in [2.24, 2.45) is 0 Å². The molecule has 0 aliphatic carbocycles. The van der Waals surface area contributed by atoms with Crippen LogP contribution in [-0.2, 0) is 9.59 Å². The van der Waals surface area contributed by atoms with Crippen molar-refractivity contribution < 1.29 is 19.1 Å². The van der Waals surface area contributed by atoms with E-state index in [1.807, 2.05) is 129 Å². The molecular weight excluding hydrogens is 633 g/mol. The highest BCUT2D eigenvalue weighted by atomic mass is 32.2. The summed E-state index contributed by atoms with van der Waals surface area (Å²) in [6.07, 6.45) is 1.64. The van der Waals surface area contributed by atoms with Crippen LogP contribution < -0.4 is 25.6 Å². The third-order valence-electron chi connectivity index (χ3n) is 7.37. The lowest BCUT2D eigenvalue weighted by Gasteiger charge is -2.18. The summed E-state index contributed by atoms with van der Waals surface area (Å²) in [6.45, 7) is 2.48. The fraction of sp³-hybridized carbons (Fsp3) is 0.125. The third kappa shape index (κ3) is 9.85. The zero-order chi connectivity index (χ0) is 34.6. The number of hydrogen-bond acceptors (Lipinski definition) is 6. The Bertz CT molecular complexity index is 1900. The van der Waals surface area contributed by atoms with Crippen molar-refractivity contribution in [2.45, 2.75) is 17.1 Å². The van der Waals surface area contributed by atoms with Crippen LogP contribution in [0.25, 0.3) is 6.08 Å². The Morgan fingerprint density at radius 3 is 2.08 bits per heavy atom. The van der Waals surface area contributed by atoms with E-state index >= 15 is 0 Å². The second-order valence-electron chi connectivity index (χ2n) is 11.2. The van der Waals surface area contributed by atoms with Gasteiger partial charge in [0.2, 0.25) is 5.91 Å². The largest absolute Gasteiger partial charge is 0.494 e. The predicted octanol–water partition coefficient (Wildman–Crippen LogP) is 8.03. The standard InChI is InChI=1S/C40H38N4O4S/c1-4-48-34-24-20-31(21-25-34)41-40(47)37(29-12-7-5-8-13-29)49-35-17-11-16-32(27-35)42-39(46)36(43-38(45)30-14-9-6-10-15-30)26-28-18-22-33(23-19-28)44(2)3/h5-27,37H,4H2,1-3H3,(H,41,47)(H,42,46)(H,43,45)/b36-26+. The van der Waals surface area contributed by atoms with E-state index in [0.717, 1.165) is 27.5 Å². The minimum atomic E-state index is -0.579. The number of nitrogens with zero attached hydrogens (tertiary/aromatic N) is 1. The van der Waals surface area contributed by atoms with Gasteiger partial charge in [0.05, 0.1) is 6.61 Å². The molecule has 5 aromatic rings. The Morgan fingerprint density at radius 2 is 1.43 bits per heavy atom. The number of carbonyl (C=O) groups excluding carboxylic acids is 3. The molecule has 9 heteroatoms. The number of thioether (sulfide) groups is 1. The summed E-state index contributed by atoms with van der Waals surface area (Å²) in [6, 6.07) is 40.5. The minimum Gasteiger partial charge on any atom is -0.494 e. The average molecular weight is 671 g/mol. The average Bonchev–Trinajstić information content (AvgIpc) is 3.12. The number of anilines is 3. The van der Waals surface area contributed by atoms with Crippen LogP contribution in [0.1, 0.15) is 33.7 Å². The van der Waals surface area contributed by atoms with Gasteiger partial charge in [-0.25, -0.2) is 0 Å². The number of hydrogen-bond donors (Lipinski definition) is 3. The van der Waals surface area contributed by atoms with Gasteiger partial charge in [0, 0.05) is 41.6 Å². The van der Waals surface area contributed by atoms with Crippen LogP contribution in [0.2, 0.25) is 0 Å². The molecule has 0 aliphatic rings. The molecule has 0 spiro atoms. The number of amides is 3. The van der Waals surface area contributed by atoms with Crippen molar-refractivity contribution in [1.29, 1.82) is 0 Å². The quantitative estimate of drug-likeness (QED) is 0.0867. The summed E-state index contributed by atoms with van der Waals surface area (Å²) in [5, 5.41) is 8.16. The van der Waals surface area contributed by atoms with Crippen molar-refractivity contribution in [3.8, 4) is 5.75 Å². The smallest absolute Gasteiger partial charge is 0.272 e. The van der Waals surface area contributed by atoms with E-state index < -0.39 is 17.1 Å². The van der Waals surface area contributed by atoms with Gasteiger partial charge in [0.25, 0.3) is 11.8 Å². The van der Waals surface area contributed by atoms with Crippen molar-refractivity contribution in [3.05, 3.63) is 156 Å². The fourth-order valence-electron chi connectivity index (χ4n) is 4.87. The first-order valence-corrected chi connectivity index (χ1v) is 16.7. The van der Waals surface area contributed by atoms with Crippen molar-refractivity contribution in [3.63, 3.8) is 0 Å². The van der Waals surface area contributed by atoms with E-state index in [1.54, 1.807) is 36.4 Å². The topological polar surface area (TPSA) is 99.8 Å². The molecule has 0 saturated carbocycles. The molecule has 3 N–H and O–H groups in total. The lowest BCUT2D eigenvalue weighted by Crippen LogP contribution is -2.30. The maximum absolute atomic E-state index is 13.7. The molecule has 8 nitrogen and oxygen atoms in total. The summed E-state index contributed by atoms with van der Waals surface area (Å²) < 4.78 is 5.52. The Labute approximate surface area is 291 Å². The molecule has 0 fully saturated rings. The van der Waals surface area contributed by atoms with Gasteiger partial charge >= 0.3 is 0 Å². The second kappa shape index (κ2) is 16.9. The van der Waals surface area contributed by atoms with Gasteiger partial charge in [-0.05, 0) is 90.9 Å². The molecular formula is C40H38N4O4S. The zero-order valence-electron chi connectivity index (χ0n) is 27.6. The first-order chi connectivity index (χ1) is 23.8. The maximum atomic E-state index is 13.7. The van der Waals surface area contributed by atoms with E-state index in [9.17, 15) is 14.4 Å². The fourth-order valence-corrected chi connectivity index (χ4v) is 5.95. The van der Waals surface area contributed by atoms with Gasteiger partial charge < -0.3 is 25.6 Å². The summed E-state index contributed by atoms with van der Waals surface area (Å²) in [7, 11) is 3.90. The molecule has 248 valence electrons. The van der Waals surface area contributed by atoms with Gasteiger partial charge in [-0.15, -0.1) is 11.8 Å². The molecule has 0 saturated heterocycles. The Balaban J connectivity index is 1.36. The molecule has 5 rings (SSSR count). The molecule has 49 heavy (non-hydrogen) atoms. The second-order valence-corrected chi connectivity index (χ2v) is 12.4. The first kappa shape index (κ1) is 34.5. The molecule has 0 aromatic heterocycles.